The van der Waals surface area contributed by atoms with Crippen LogP contribution in [0.4, 0.5) is 5.82 Å². The molecule has 96 valence electrons. The van der Waals surface area contributed by atoms with Gasteiger partial charge in [0.15, 0.2) is 0 Å². The molecule has 1 atom stereocenters. The van der Waals surface area contributed by atoms with Crippen molar-refractivity contribution in [1.82, 2.24) is 9.97 Å². The molecule has 0 amide bonds. The number of nitrogens with zero attached hydrogens (tertiary/aromatic N) is 2. The normalized spacial score (nSPS) is 12.8. The number of hydrogen-bond donors (Lipinski definition) is 2. The lowest BCUT2D eigenvalue weighted by Crippen LogP contribution is -2.26. The highest BCUT2D eigenvalue weighted by Crippen LogP contribution is 2.12. The SMILES string of the molecule is CCCc1cc(NC(CO)CC(C)C)ncn1. The van der Waals surface area contributed by atoms with E-state index >= 15 is 0 Å². The second-order valence-electron chi connectivity index (χ2n) is 4.80. The molecular weight excluding hydrogens is 214 g/mol. The van der Waals surface area contributed by atoms with E-state index < -0.39 is 0 Å². The summed E-state index contributed by atoms with van der Waals surface area (Å²) in [5, 5.41) is 12.6. The van der Waals surface area contributed by atoms with Gasteiger partial charge in [-0.2, -0.15) is 0 Å². The minimum Gasteiger partial charge on any atom is -0.394 e. The maximum absolute atomic E-state index is 9.30. The van der Waals surface area contributed by atoms with E-state index in [1.54, 1.807) is 6.33 Å². The molecule has 1 aromatic rings. The Morgan fingerprint density at radius 3 is 2.71 bits per heavy atom. The molecule has 1 unspecified atom stereocenters. The molecule has 0 aliphatic rings. The predicted octanol–water partition coefficient (Wildman–Crippen LogP) is 2.25. The van der Waals surface area contributed by atoms with Gasteiger partial charge in [-0.25, -0.2) is 9.97 Å². The van der Waals surface area contributed by atoms with Crippen molar-refractivity contribution >= 4 is 5.82 Å². The van der Waals surface area contributed by atoms with Crippen LogP contribution in [0.5, 0.6) is 0 Å². The summed E-state index contributed by atoms with van der Waals surface area (Å²) in [6.07, 6.45) is 4.55. The lowest BCUT2D eigenvalue weighted by molar-refractivity contribution is 0.259. The Morgan fingerprint density at radius 1 is 1.35 bits per heavy atom. The first-order chi connectivity index (χ1) is 8.15. The molecule has 0 aliphatic heterocycles. The van der Waals surface area contributed by atoms with Gasteiger partial charge in [0.05, 0.1) is 12.6 Å². The Bertz CT molecular complexity index is 328. The van der Waals surface area contributed by atoms with Crippen LogP contribution in [-0.2, 0) is 6.42 Å². The number of nitrogens with one attached hydrogen (secondary N) is 1. The Labute approximate surface area is 103 Å². The smallest absolute Gasteiger partial charge is 0.129 e. The summed E-state index contributed by atoms with van der Waals surface area (Å²) in [6, 6.07) is 2.03. The quantitative estimate of drug-likeness (QED) is 0.763. The topological polar surface area (TPSA) is 58.0 Å². The van der Waals surface area contributed by atoms with Crippen LogP contribution in [0.2, 0.25) is 0 Å². The Morgan fingerprint density at radius 2 is 2.12 bits per heavy atom. The summed E-state index contributed by atoms with van der Waals surface area (Å²) in [4.78, 5) is 8.39. The van der Waals surface area contributed by atoms with Crippen molar-refractivity contribution in [2.75, 3.05) is 11.9 Å². The first kappa shape index (κ1) is 13.9. The average molecular weight is 237 g/mol. The first-order valence-electron chi connectivity index (χ1n) is 6.34. The van der Waals surface area contributed by atoms with Crippen molar-refractivity contribution in [2.24, 2.45) is 5.92 Å². The second kappa shape index (κ2) is 7.22. The van der Waals surface area contributed by atoms with E-state index in [1.165, 1.54) is 0 Å². The minimum absolute atomic E-state index is 0.0689. The first-order valence-corrected chi connectivity index (χ1v) is 6.34. The van der Waals surface area contributed by atoms with Gasteiger partial charge in [-0.1, -0.05) is 27.2 Å². The van der Waals surface area contributed by atoms with Crippen LogP contribution < -0.4 is 5.32 Å². The molecule has 0 saturated carbocycles. The van der Waals surface area contributed by atoms with E-state index in [-0.39, 0.29) is 12.6 Å². The van der Waals surface area contributed by atoms with Crippen LogP contribution >= 0.6 is 0 Å². The average Bonchev–Trinajstić information content (AvgIpc) is 2.28. The highest BCUT2D eigenvalue weighted by atomic mass is 16.3. The molecule has 0 aliphatic carbocycles. The Balaban J connectivity index is 2.62. The Kier molecular flexibility index (Phi) is 5.91. The third kappa shape index (κ3) is 5.13. The fourth-order valence-corrected chi connectivity index (χ4v) is 1.83. The summed E-state index contributed by atoms with van der Waals surface area (Å²) in [6.45, 7) is 6.55. The van der Waals surface area contributed by atoms with E-state index in [0.29, 0.717) is 5.92 Å². The van der Waals surface area contributed by atoms with Crippen molar-refractivity contribution in [3.8, 4) is 0 Å². The van der Waals surface area contributed by atoms with E-state index in [9.17, 15) is 5.11 Å². The molecule has 1 heterocycles. The molecule has 4 nitrogen and oxygen atoms in total. The van der Waals surface area contributed by atoms with Crippen LogP contribution in [0.1, 0.15) is 39.3 Å². The van der Waals surface area contributed by atoms with Crippen molar-refractivity contribution in [1.29, 1.82) is 0 Å². The Hall–Kier alpha value is -1.16. The van der Waals surface area contributed by atoms with Gasteiger partial charge in [0.2, 0.25) is 0 Å². The number of aliphatic hydroxyl groups is 1. The highest BCUT2D eigenvalue weighted by Gasteiger charge is 2.10. The van der Waals surface area contributed by atoms with E-state index in [1.807, 2.05) is 6.07 Å². The van der Waals surface area contributed by atoms with Crippen LogP contribution in [-0.4, -0.2) is 27.7 Å². The number of hydrogen-bond acceptors (Lipinski definition) is 4. The summed E-state index contributed by atoms with van der Waals surface area (Å²) in [5.41, 5.74) is 1.05. The lowest BCUT2D eigenvalue weighted by Gasteiger charge is -2.18. The number of aryl methyl sites for hydroxylation is 1. The monoisotopic (exact) mass is 237 g/mol. The standard InChI is InChI=1S/C13H23N3O/c1-4-5-11-7-13(15-9-14-11)16-12(8-17)6-10(2)3/h7,9-10,12,17H,4-6,8H2,1-3H3,(H,14,15,16). The zero-order valence-electron chi connectivity index (χ0n) is 11.0. The molecular formula is C13H23N3O. The number of anilines is 1. The van der Waals surface area contributed by atoms with Crippen molar-refractivity contribution in [3.63, 3.8) is 0 Å². The fourth-order valence-electron chi connectivity index (χ4n) is 1.83. The van der Waals surface area contributed by atoms with Crippen molar-refractivity contribution in [2.45, 2.75) is 46.1 Å². The number of aliphatic hydroxyl groups excluding tert-OH is 1. The van der Waals surface area contributed by atoms with Gasteiger partial charge in [0.25, 0.3) is 0 Å². The summed E-state index contributed by atoms with van der Waals surface area (Å²) in [7, 11) is 0. The van der Waals surface area contributed by atoms with Gasteiger partial charge in [-0.05, 0) is 18.8 Å². The van der Waals surface area contributed by atoms with Gasteiger partial charge in [-0.15, -0.1) is 0 Å². The summed E-state index contributed by atoms with van der Waals surface area (Å²) in [5.74, 6) is 1.36. The van der Waals surface area contributed by atoms with Gasteiger partial charge in [-0.3, -0.25) is 0 Å². The third-order valence-electron chi connectivity index (χ3n) is 2.56. The third-order valence-corrected chi connectivity index (χ3v) is 2.56. The van der Waals surface area contributed by atoms with Crippen LogP contribution in [0, 0.1) is 5.92 Å². The minimum atomic E-state index is 0.0689. The maximum Gasteiger partial charge on any atom is 0.129 e. The van der Waals surface area contributed by atoms with Crippen molar-refractivity contribution < 1.29 is 5.11 Å². The number of rotatable bonds is 7. The molecule has 1 aromatic heterocycles. The predicted molar refractivity (Wildman–Crippen MR) is 70.0 cm³/mol. The fraction of sp³-hybridized carbons (Fsp3) is 0.692. The van der Waals surface area contributed by atoms with Crippen LogP contribution in [0.15, 0.2) is 12.4 Å². The van der Waals surface area contributed by atoms with Crippen LogP contribution in [0.3, 0.4) is 0 Å². The maximum atomic E-state index is 9.30. The molecule has 4 heteroatoms. The van der Waals surface area contributed by atoms with Crippen LogP contribution in [0.25, 0.3) is 0 Å². The molecule has 0 fully saturated rings. The molecule has 0 bridgehead atoms. The van der Waals surface area contributed by atoms with Gasteiger partial charge < -0.3 is 10.4 Å². The van der Waals surface area contributed by atoms with Gasteiger partial charge >= 0.3 is 0 Å². The second-order valence-corrected chi connectivity index (χ2v) is 4.80. The molecule has 1 rings (SSSR count). The highest BCUT2D eigenvalue weighted by molar-refractivity contribution is 5.36. The molecule has 0 saturated heterocycles. The van der Waals surface area contributed by atoms with Gasteiger partial charge in [0.1, 0.15) is 12.1 Å². The summed E-state index contributed by atoms with van der Waals surface area (Å²) >= 11 is 0. The van der Waals surface area contributed by atoms with E-state index in [4.69, 9.17) is 0 Å². The molecule has 0 radical (unpaired) electrons. The molecule has 0 spiro atoms. The van der Waals surface area contributed by atoms with E-state index in [0.717, 1.165) is 30.8 Å². The van der Waals surface area contributed by atoms with Crippen molar-refractivity contribution in [3.05, 3.63) is 18.1 Å². The zero-order chi connectivity index (χ0) is 12.7. The zero-order valence-corrected chi connectivity index (χ0v) is 11.0. The van der Waals surface area contributed by atoms with Gasteiger partial charge in [0, 0.05) is 11.8 Å². The lowest BCUT2D eigenvalue weighted by atomic mass is 10.0. The van der Waals surface area contributed by atoms with E-state index in [2.05, 4.69) is 36.1 Å². The molecule has 17 heavy (non-hydrogen) atoms. The number of aromatic nitrogens is 2. The molecule has 2 N–H and O–H groups in total. The largest absolute Gasteiger partial charge is 0.394 e. The molecule has 0 aromatic carbocycles. The summed E-state index contributed by atoms with van der Waals surface area (Å²) < 4.78 is 0.